The Kier molecular flexibility index (Phi) is 4.70. The molecule has 6 heteroatoms. The molecule has 0 aliphatic heterocycles. The van der Waals surface area contributed by atoms with Crippen molar-refractivity contribution in [2.45, 2.75) is 6.92 Å². The van der Waals surface area contributed by atoms with Crippen molar-refractivity contribution in [1.29, 1.82) is 0 Å². The summed E-state index contributed by atoms with van der Waals surface area (Å²) in [6.45, 7) is 1.19. The summed E-state index contributed by atoms with van der Waals surface area (Å²) in [5.41, 5.74) is 1.53. The first-order chi connectivity index (χ1) is 12.0. The van der Waals surface area contributed by atoms with E-state index in [0.717, 1.165) is 5.39 Å². The predicted molar refractivity (Wildman–Crippen MR) is 94.8 cm³/mol. The first-order valence-corrected chi connectivity index (χ1v) is 7.72. The number of hydrogen-bond acceptors (Lipinski definition) is 3. The van der Waals surface area contributed by atoms with Crippen molar-refractivity contribution in [1.82, 2.24) is 4.98 Å². The Labute approximate surface area is 144 Å². The molecule has 2 amide bonds. The summed E-state index contributed by atoms with van der Waals surface area (Å²) >= 11 is 0. The third-order valence-corrected chi connectivity index (χ3v) is 3.69. The Balaban J connectivity index is 1.86. The van der Waals surface area contributed by atoms with E-state index in [1.807, 2.05) is 12.1 Å². The van der Waals surface area contributed by atoms with Crippen LogP contribution < -0.4 is 10.2 Å². The van der Waals surface area contributed by atoms with Gasteiger partial charge in [-0.25, -0.2) is 4.39 Å². The van der Waals surface area contributed by atoms with E-state index in [-0.39, 0.29) is 12.5 Å². The molecule has 0 saturated heterocycles. The molecule has 1 N–H and O–H groups in total. The van der Waals surface area contributed by atoms with Gasteiger partial charge in [0.1, 0.15) is 12.4 Å². The van der Waals surface area contributed by atoms with Crippen molar-refractivity contribution in [2.75, 3.05) is 16.8 Å². The topological polar surface area (TPSA) is 62.3 Å². The zero-order valence-electron chi connectivity index (χ0n) is 13.6. The van der Waals surface area contributed by atoms with E-state index in [4.69, 9.17) is 0 Å². The standard InChI is InChI=1S/C19H16FN3O2/c1-13(24)23(12-18(25)22-16-8-3-7-15(20)11-16)17-9-2-5-14-6-4-10-21-19(14)17/h2-11H,12H2,1H3,(H,22,25). The van der Waals surface area contributed by atoms with Crippen molar-refractivity contribution in [2.24, 2.45) is 0 Å². The maximum Gasteiger partial charge on any atom is 0.244 e. The Morgan fingerprint density at radius 1 is 1.12 bits per heavy atom. The minimum atomic E-state index is -0.445. The fraction of sp³-hybridized carbons (Fsp3) is 0.105. The average molecular weight is 337 g/mol. The molecular formula is C19H16FN3O2. The predicted octanol–water partition coefficient (Wildman–Crippen LogP) is 3.37. The number of fused-ring (bicyclic) bond motifs is 1. The second kappa shape index (κ2) is 7.09. The molecule has 0 radical (unpaired) electrons. The molecule has 0 bridgehead atoms. The summed E-state index contributed by atoms with van der Waals surface area (Å²) in [5, 5.41) is 3.46. The molecule has 5 nitrogen and oxygen atoms in total. The molecule has 0 spiro atoms. The normalized spacial score (nSPS) is 10.5. The number of para-hydroxylation sites is 1. The molecule has 2 aromatic carbocycles. The van der Waals surface area contributed by atoms with Gasteiger partial charge in [0.15, 0.2) is 0 Å². The Morgan fingerprint density at radius 2 is 1.88 bits per heavy atom. The highest BCUT2D eigenvalue weighted by molar-refractivity contribution is 6.06. The SMILES string of the molecule is CC(=O)N(CC(=O)Nc1cccc(F)c1)c1cccc2cccnc12. The van der Waals surface area contributed by atoms with Gasteiger partial charge < -0.3 is 10.2 Å². The minimum Gasteiger partial charge on any atom is -0.324 e. The van der Waals surface area contributed by atoms with Crippen LogP contribution in [-0.4, -0.2) is 23.3 Å². The summed E-state index contributed by atoms with van der Waals surface area (Å²) in [4.78, 5) is 30.1. The number of nitrogens with zero attached hydrogens (tertiary/aromatic N) is 2. The summed E-state index contributed by atoms with van der Waals surface area (Å²) in [6.07, 6.45) is 1.64. The van der Waals surface area contributed by atoms with Gasteiger partial charge in [0.2, 0.25) is 11.8 Å². The van der Waals surface area contributed by atoms with Gasteiger partial charge in [0.25, 0.3) is 0 Å². The monoisotopic (exact) mass is 337 g/mol. The maximum absolute atomic E-state index is 13.2. The second-order valence-electron chi connectivity index (χ2n) is 5.52. The molecule has 0 aliphatic rings. The first-order valence-electron chi connectivity index (χ1n) is 7.72. The van der Waals surface area contributed by atoms with Crippen LogP contribution in [0.1, 0.15) is 6.92 Å². The summed E-state index contributed by atoms with van der Waals surface area (Å²) < 4.78 is 13.2. The zero-order chi connectivity index (χ0) is 17.8. The quantitative estimate of drug-likeness (QED) is 0.794. The third kappa shape index (κ3) is 3.80. The third-order valence-electron chi connectivity index (χ3n) is 3.69. The van der Waals surface area contributed by atoms with E-state index in [0.29, 0.717) is 16.9 Å². The van der Waals surface area contributed by atoms with Gasteiger partial charge in [0, 0.05) is 24.2 Å². The fourth-order valence-electron chi connectivity index (χ4n) is 2.58. The number of halogens is 1. The number of amides is 2. The van der Waals surface area contributed by atoms with Crippen LogP contribution in [-0.2, 0) is 9.59 Å². The summed E-state index contributed by atoms with van der Waals surface area (Å²) in [6, 6.07) is 14.7. The highest BCUT2D eigenvalue weighted by Gasteiger charge is 2.18. The number of carbonyl (C=O) groups excluding carboxylic acids is 2. The smallest absolute Gasteiger partial charge is 0.244 e. The van der Waals surface area contributed by atoms with Crippen LogP contribution in [0.4, 0.5) is 15.8 Å². The summed E-state index contributed by atoms with van der Waals surface area (Å²) in [5.74, 6) is -1.15. The molecule has 0 unspecified atom stereocenters. The molecule has 0 atom stereocenters. The van der Waals surface area contributed by atoms with E-state index in [1.54, 1.807) is 30.5 Å². The Bertz CT molecular complexity index is 937. The van der Waals surface area contributed by atoms with E-state index >= 15 is 0 Å². The van der Waals surface area contributed by atoms with Crippen LogP contribution in [0.25, 0.3) is 10.9 Å². The lowest BCUT2D eigenvalue weighted by molar-refractivity contribution is -0.120. The maximum atomic E-state index is 13.2. The molecule has 1 aromatic heterocycles. The number of pyridine rings is 1. The number of rotatable bonds is 4. The van der Waals surface area contributed by atoms with Gasteiger partial charge in [-0.1, -0.05) is 24.3 Å². The van der Waals surface area contributed by atoms with Crippen molar-refractivity contribution < 1.29 is 14.0 Å². The lowest BCUT2D eigenvalue weighted by atomic mass is 10.1. The van der Waals surface area contributed by atoms with Gasteiger partial charge in [-0.15, -0.1) is 0 Å². The number of benzene rings is 2. The van der Waals surface area contributed by atoms with Crippen LogP contribution in [0.5, 0.6) is 0 Å². The number of hydrogen-bond donors (Lipinski definition) is 1. The van der Waals surface area contributed by atoms with E-state index in [1.165, 1.54) is 30.0 Å². The summed E-state index contributed by atoms with van der Waals surface area (Å²) in [7, 11) is 0. The van der Waals surface area contributed by atoms with Crippen LogP contribution >= 0.6 is 0 Å². The highest BCUT2D eigenvalue weighted by Crippen LogP contribution is 2.25. The molecule has 25 heavy (non-hydrogen) atoms. The highest BCUT2D eigenvalue weighted by atomic mass is 19.1. The average Bonchev–Trinajstić information content (AvgIpc) is 2.59. The van der Waals surface area contributed by atoms with Crippen LogP contribution in [0, 0.1) is 5.82 Å². The van der Waals surface area contributed by atoms with E-state index in [9.17, 15) is 14.0 Å². The second-order valence-corrected chi connectivity index (χ2v) is 5.52. The number of carbonyl (C=O) groups is 2. The van der Waals surface area contributed by atoms with Gasteiger partial charge in [-0.2, -0.15) is 0 Å². The van der Waals surface area contributed by atoms with E-state index < -0.39 is 11.7 Å². The first kappa shape index (κ1) is 16.6. The van der Waals surface area contributed by atoms with E-state index in [2.05, 4.69) is 10.3 Å². The van der Waals surface area contributed by atoms with Gasteiger partial charge >= 0.3 is 0 Å². The zero-order valence-corrected chi connectivity index (χ0v) is 13.6. The Morgan fingerprint density at radius 3 is 2.64 bits per heavy atom. The lowest BCUT2D eigenvalue weighted by Gasteiger charge is -2.21. The molecule has 0 aliphatic carbocycles. The molecule has 1 heterocycles. The van der Waals surface area contributed by atoms with Crippen molar-refractivity contribution >= 4 is 34.1 Å². The van der Waals surface area contributed by atoms with Crippen molar-refractivity contribution in [3.8, 4) is 0 Å². The molecular weight excluding hydrogens is 321 g/mol. The molecule has 3 aromatic rings. The van der Waals surface area contributed by atoms with Crippen molar-refractivity contribution in [3.63, 3.8) is 0 Å². The molecule has 3 rings (SSSR count). The van der Waals surface area contributed by atoms with Crippen LogP contribution in [0.15, 0.2) is 60.8 Å². The number of anilines is 2. The van der Waals surface area contributed by atoms with Gasteiger partial charge in [-0.3, -0.25) is 14.6 Å². The molecule has 0 saturated carbocycles. The Hall–Kier alpha value is -3.28. The lowest BCUT2D eigenvalue weighted by Crippen LogP contribution is -2.36. The number of aromatic nitrogens is 1. The van der Waals surface area contributed by atoms with Gasteiger partial charge in [0.05, 0.1) is 11.2 Å². The van der Waals surface area contributed by atoms with Gasteiger partial charge in [-0.05, 0) is 30.3 Å². The minimum absolute atomic E-state index is 0.193. The van der Waals surface area contributed by atoms with Crippen molar-refractivity contribution in [3.05, 3.63) is 66.6 Å². The number of nitrogens with one attached hydrogen (secondary N) is 1. The fourth-order valence-corrected chi connectivity index (χ4v) is 2.58. The van der Waals surface area contributed by atoms with Crippen LogP contribution in [0.2, 0.25) is 0 Å². The largest absolute Gasteiger partial charge is 0.324 e. The van der Waals surface area contributed by atoms with Crippen LogP contribution in [0.3, 0.4) is 0 Å². The molecule has 126 valence electrons. The molecule has 0 fully saturated rings.